The second kappa shape index (κ2) is 5.05. The van der Waals surface area contributed by atoms with Crippen LogP contribution in [0.3, 0.4) is 0 Å². The van der Waals surface area contributed by atoms with Crippen LogP contribution in [0.1, 0.15) is 24.9 Å². The van der Waals surface area contributed by atoms with Crippen LogP contribution in [0.15, 0.2) is 42.5 Å². The van der Waals surface area contributed by atoms with Crippen molar-refractivity contribution in [1.29, 1.82) is 0 Å². The third-order valence-corrected chi connectivity index (χ3v) is 4.96. The summed E-state index contributed by atoms with van der Waals surface area (Å²) in [5.41, 5.74) is 0.989. The van der Waals surface area contributed by atoms with E-state index in [9.17, 15) is 4.79 Å². The van der Waals surface area contributed by atoms with Crippen molar-refractivity contribution in [3.05, 3.63) is 48.0 Å². The predicted molar refractivity (Wildman–Crippen MR) is 91.3 cm³/mol. The number of fused-ring (bicyclic) bond motifs is 5. The van der Waals surface area contributed by atoms with Crippen molar-refractivity contribution in [2.24, 2.45) is 0 Å². The van der Waals surface area contributed by atoms with Gasteiger partial charge in [0.05, 0.1) is 11.7 Å². The highest BCUT2D eigenvalue weighted by Gasteiger charge is 2.49. The molecule has 2 aromatic rings. The monoisotopic (exact) mass is 338 g/mol. The Labute approximate surface area is 145 Å². The van der Waals surface area contributed by atoms with E-state index in [1.54, 1.807) is 4.90 Å². The second-order valence-corrected chi connectivity index (χ2v) is 6.68. The van der Waals surface area contributed by atoms with E-state index in [0.717, 1.165) is 17.0 Å². The molecular formula is C19H18N2O4. The molecule has 25 heavy (non-hydrogen) atoms. The number of ether oxygens (including phenoxy) is 3. The number of carbonyl (C=O) groups is 1. The molecule has 5 rings (SSSR count). The molecular weight excluding hydrogens is 320 g/mol. The molecule has 6 heteroatoms. The van der Waals surface area contributed by atoms with Gasteiger partial charge in [-0.05, 0) is 25.1 Å². The molecule has 128 valence electrons. The third-order valence-electron chi connectivity index (χ3n) is 4.96. The van der Waals surface area contributed by atoms with E-state index >= 15 is 0 Å². The summed E-state index contributed by atoms with van der Waals surface area (Å²) in [6.07, 6.45) is 0.671. The van der Waals surface area contributed by atoms with Crippen LogP contribution in [-0.4, -0.2) is 25.0 Å². The molecule has 0 spiro atoms. The molecule has 6 nitrogen and oxygen atoms in total. The Hall–Kier alpha value is -2.89. The minimum absolute atomic E-state index is 0.0455. The fraction of sp³-hybridized carbons (Fsp3) is 0.316. The highest BCUT2D eigenvalue weighted by Crippen LogP contribution is 2.46. The number of hydrogen-bond donors (Lipinski definition) is 1. The van der Waals surface area contributed by atoms with Crippen molar-refractivity contribution in [1.82, 2.24) is 5.32 Å². The number of carbonyl (C=O) groups excluding carboxylic acids is 1. The number of urea groups is 1. The Bertz CT molecular complexity index is 868. The number of rotatable bonds is 1. The molecule has 1 saturated heterocycles. The van der Waals surface area contributed by atoms with Gasteiger partial charge < -0.3 is 19.5 Å². The van der Waals surface area contributed by atoms with Gasteiger partial charge in [-0.25, -0.2) is 4.79 Å². The summed E-state index contributed by atoms with van der Waals surface area (Å²) in [6.45, 7) is 2.99. The fourth-order valence-electron chi connectivity index (χ4n) is 3.88. The normalized spacial score (nSPS) is 26.4. The Morgan fingerprint density at radius 2 is 1.88 bits per heavy atom. The topological polar surface area (TPSA) is 60.0 Å². The summed E-state index contributed by atoms with van der Waals surface area (Å²) in [5, 5.41) is 3.09. The van der Waals surface area contributed by atoms with Gasteiger partial charge in [-0.15, -0.1) is 0 Å². The summed E-state index contributed by atoms with van der Waals surface area (Å²) in [7, 11) is 0. The van der Waals surface area contributed by atoms with Crippen LogP contribution in [0.25, 0.3) is 0 Å². The van der Waals surface area contributed by atoms with E-state index in [0.29, 0.717) is 31.1 Å². The number of hydrogen-bond acceptors (Lipinski definition) is 4. The number of para-hydroxylation sites is 1. The molecule has 0 aliphatic carbocycles. The first-order chi connectivity index (χ1) is 12.1. The van der Waals surface area contributed by atoms with Gasteiger partial charge in [0.15, 0.2) is 17.2 Å². The van der Waals surface area contributed by atoms with Gasteiger partial charge in [-0.1, -0.05) is 18.2 Å². The largest absolute Gasteiger partial charge is 0.486 e. The van der Waals surface area contributed by atoms with Crippen LogP contribution in [0, 0.1) is 0 Å². The molecule has 2 amide bonds. The highest BCUT2D eigenvalue weighted by molar-refractivity contribution is 5.95. The van der Waals surface area contributed by atoms with Gasteiger partial charge in [0, 0.05) is 18.1 Å². The van der Waals surface area contributed by atoms with Gasteiger partial charge in [0.25, 0.3) is 0 Å². The van der Waals surface area contributed by atoms with Crippen molar-refractivity contribution < 1.29 is 19.0 Å². The lowest BCUT2D eigenvalue weighted by Crippen LogP contribution is -2.65. The quantitative estimate of drug-likeness (QED) is 0.867. The van der Waals surface area contributed by atoms with Gasteiger partial charge in [-0.3, -0.25) is 4.90 Å². The second-order valence-electron chi connectivity index (χ2n) is 6.68. The number of amides is 2. The van der Waals surface area contributed by atoms with Gasteiger partial charge >= 0.3 is 6.03 Å². The van der Waals surface area contributed by atoms with Crippen LogP contribution in [0.4, 0.5) is 10.5 Å². The van der Waals surface area contributed by atoms with E-state index in [2.05, 4.69) is 5.32 Å². The summed E-state index contributed by atoms with van der Waals surface area (Å²) in [5.74, 6) is 2.16. The van der Waals surface area contributed by atoms with Crippen LogP contribution < -0.4 is 24.4 Å². The minimum atomic E-state index is -0.759. The van der Waals surface area contributed by atoms with Crippen molar-refractivity contribution in [3.8, 4) is 17.2 Å². The van der Waals surface area contributed by atoms with Crippen molar-refractivity contribution in [2.45, 2.75) is 25.1 Å². The maximum absolute atomic E-state index is 12.9. The zero-order valence-electron chi connectivity index (χ0n) is 13.8. The molecule has 0 aromatic heterocycles. The molecule has 3 aliphatic heterocycles. The maximum atomic E-state index is 12.9. The number of benzene rings is 2. The Balaban J connectivity index is 1.57. The number of nitrogens with one attached hydrogen (secondary N) is 1. The van der Waals surface area contributed by atoms with Crippen LogP contribution in [-0.2, 0) is 0 Å². The van der Waals surface area contributed by atoms with Crippen LogP contribution >= 0.6 is 0 Å². The predicted octanol–water partition coefficient (Wildman–Crippen LogP) is 3.23. The van der Waals surface area contributed by atoms with E-state index in [1.165, 1.54) is 0 Å². The molecule has 2 aromatic carbocycles. The summed E-state index contributed by atoms with van der Waals surface area (Å²) >= 11 is 0. The molecule has 3 heterocycles. The zero-order valence-corrected chi connectivity index (χ0v) is 13.8. The zero-order chi connectivity index (χ0) is 17.0. The molecule has 0 unspecified atom stereocenters. The van der Waals surface area contributed by atoms with E-state index in [1.807, 2.05) is 49.4 Å². The minimum Gasteiger partial charge on any atom is -0.486 e. The highest BCUT2D eigenvalue weighted by atomic mass is 16.6. The lowest BCUT2D eigenvalue weighted by Gasteiger charge is -2.50. The summed E-state index contributed by atoms with van der Waals surface area (Å²) in [6, 6.07) is 13.2. The average molecular weight is 338 g/mol. The number of nitrogens with zero attached hydrogens (tertiary/aromatic N) is 1. The first-order valence-corrected chi connectivity index (χ1v) is 8.42. The molecule has 1 N–H and O–H groups in total. The fourth-order valence-corrected chi connectivity index (χ4v) is 3.88. The molecule has 2 atom stereocenters. The Morgan fingerprint density at radius 1 is 1.08 bits per heavy atom. The molecule has 2 bridgehead atoms. The molecule has 0 radical (unpaired) electrons. The van der Waals surface area contributed by atoms with E-state index in [-0.39, 0.29) is 12.1 Å². The molecule has 1 fully saturated rings. The summed E-state index contributed by atoms with van der Waals surface area (Å²) < 4.78 is 17.5. The van der Waals surface area contributed by atoms with Crippen molar-refractivity contribution in [3.63, 3.8) is 0 Å². The number of anilines is 1. The molecule has 3 aliphatic rings. The van der Waals surface area contributed by atoms with Gasteiger partial charge in [0.2, 0.25) is 0 Å². The first-order valence-electron chi connectivity index (χ1n) is 8.42. The van der Waals surface area contributed by atoms with Crippen molar-refractivity contribution >= 4 is 11.7 Å². The van der Waals surface area contributed by atoms with Crippen LogP contribution in [0.2, 0.25) is 0 Å². The van der Waals surface area contributed by atoms with E-state index < -0.39 is 5.72 Å². The lowest BCUT2D eigenvalue weighted by atomic mass is 9.90. The first kappa shape index (κ1) is 14.5. The van der Waals surface area contributed by atoms with Gasteiger partial charge in [-0.2, -0.15) is 0 Å². The lowest BCUT2D eigenvalue weighted by molar-refractivity contribution is 0.0378. The third kappa shape index (κ3) is 2.13. The van der Waals surface area contributed by atoms with Crippen LogP contribution in [0.5, 0.6) is 17.2 Å². The average Bonchev–Trinajstić information content (AvgIpc) is 2.61. The standard InChI is InChI=1S/C19H18N2O4/c1-19-11-14(13-4-2-3-5-15(13)25-19)20-18(22)21(19)12-6-7-16-17(10-12)24-9-8-23-16/h2-7,10,14H,8-9,11H2,1H3,(H,20,22)/t14-,19-/m1/s1. The van der Waals surface area contributed by atoms with Crippen molar-refractivity contribution in [2.75, 3.05) is 18.1 Å². The Morgan fingerprint density at radius 3 is 2.76 bits per heavy atom. The maximum Gasteiger partial charge on any atom is 0.325 e. The smallest absolute Gasteiger partial charge is 0.325 e. The van der Waals surface area contributed by atoms with Gasteiger partial charge in [0.1, 0.15) is 19.0 Å². The Kier molecular flexibility index (Phi) is 2.92. The van der Waals surface area contributed by atoms with E-state index in [4.69, 9.17) is 14.2 Å². The summed E-state index contributed by atoms with van der Waals surface area (Å²) in [4.78, 5) is 14.5. The SMILES string of the molecule is C[C@@]12C[C@@H](NC(=O)N1c1ccc3c(c1)OCCO3)c1ccccc1O2. The molecule has 0 saturated carbocycles.